The van der Waals surface area contributed by atoms with Gasteiger partial charge in [0.15, 0.2) is 0 Å². The number of hydrogen-bond acceptors (Lipinski definition) is 1. The van der Waals surface area contributed by atoms with E-state index in [1.807, 2.05) is 24.3 Å². The Morgan fingerprint density at radius 1 is 1.42 bits per heavy atom. The molecule has 1 nitrogen and oxygen atoms in total. The minimum absolute atomic E-state index is 0.865. The van der Waals surface area contributed by atoms with Crippen LogP contribution in [0.2, 0.25) is 0 Å². The van der Waals surface area contributed by atoms with Gasteiger partial charge >= 0.3 is 0 Å². The van der Waals surface area contributed by atoms with Crippen molar-refractivity contribution in [3.05, 3.63) is 40.9 Å². The van der Waals surface area contributed by atoms with Crippen molar-refractivity contribution in [3.8, 4) is 5.75 Å². The molecule has 0 fully saturated rings. The maximum atomic E-state index is 5.04. The molecule has 64 valence electrons. The molecule has 1 rings (SSSR count). The van der Waals surface area contributed by atoms with E-state index >= 15 is 0 Å². The highest BCUT2D eigenvalue weighted by Crippen LogP contribution is 2.15. The Labute approximate surface area is 81.2 Å². The second-order valence-corrected chi connectivity index (χ2v) is 3.66. The molecule has 12 heavy (non-hydrogen) atoms. The molecule has 0 bridgehead atoms. The van der Waals surface area contributed by atoms with Crippen LogP contribution >= 0.6 is 15.9 Å². The van der Waals surface area contributed by atoms with Crippen molar-refractivity contribution in [2.45, 2.75) is 6.42 Å². The van der Waals surface area contributed by atoms with Gasteiger partial charge in [-0.15, -0.1) is 0 Å². The number of rotatable bonds is 3. The second kappa shape index (κ2) is 4.31. The molecular weight excluding hydrogens is 216 g/mol. The van der Waals surface area contributed by atoms with Gasteiger partial charge in [-0.25, -0.2) is 0 Å². The van der Waals surface area contributed by atoms with E-state index in [0.29, 0.717) is 0 Å². The van der Waals surface area contributed by atoms with Gasteiger partial charge in [-0.2, -0.15) is 0 Å². The Morgan fingerprint density at radius 2 is 2.00 bits per heavy atom. The van der Waals surface area contributed by atoms with Crippen molar-refractivity contribution in [1.82, 2.24) is 0 Å². The zero-order chi connectivity index (χ0) is 8.97. The van der Waals surface area contributed by atoms with Crippen molar-refractivity contribution in [2.75, 3.05) is 7.11 Å². The minimum atomic E-state index is 0.865. The Bertz CT molecular complexity index is 264. The lowest BCUT2D eigenvalue weighted by Crippen LogP contribution is -1.85. The molecule has 0 N–H and O–H groups in total. The highest BCUT2D eigenvalue weighted by atomic mass is 79.9. The van der Waals surface area contributed by atoms with Crippen LogP contribution in [0.1, 0.15) is 5.56 Å². The highest BCUT2D eigenvalue weighted by Gasteiger charge is 1.94. The predicted octanol–water partition coefficient (Wildman–Crippen LogP) is 3.15. The van der Waals surface area contributed by atoms with Gasteiger partial charge in [0.1, 0.15) is 5.75 Å². The molecule has 0 aliphatic rings. The maximum absolute atomic E-state index is 5.04. The van der Waals surface area contributed by atoms with Gasteiger partial charge in [0.05, 0.1) is 7.11 Å². The fourth-order valence-corrected chi connectivity index (χ4v) is 1.29. The van der Waals surface area contributed by atoms with Crippen LogP contribution in [0.3, 0.4) is 0 Å². The molecule has 0 atom stereocenters. The van der Waals surface area contributed by atoms with Crippen LogP contribution < -0.4 is 4.74 Å². The first-order valence-electron chi connectivity index (χ1n) is 3.68. The summed E-state index contributed by atoms with van der Waals surface area (Å²) in [5.41, 5.74) is 1.23. The largest absolute Gasteiger partial charge is 0.497 e. The topological polar surface area (TPSA) is 9.23 Å². The molecule has 0 radical (unpaired) electrons. The van der Waals surface area contributed by atoms with E-state index in [2.05, 4.69) is 22.5 Å². The summed E-state index contributed by atoms with van der Waals surface area (Å²) in [5.74, 6) is 0.888. The summed E-state index contributed by atoms with van der Waals surface area (Å²) in [7, 11) is 1.67. The lowest BCUT2D eigenvalue weighted by molar-refractivity contribution is 0.414. The van der Waals surface area contributed by atoms with Crippen LogP contribution in [0, 0.1) is 0 Å². The number of benzene rings is 1. The van der Waals surface area contributed by atoms with E-state index in [9.17, 15) is 0 Å². The number of allylic oxidation sites excluding steroid dienone is 1. The molecule has 0 spiro atoms. The smallest absolute Gasteiger partial charge is 0.118 e. The quantitative estimate of drug-likeness (QED) is 0.770. The van der Waals surface area contributed by atoms with Crippen LogP contribution in [-0.4, -0.2) is 7.11 Å². The van der Waals surface area contributed by atoms with E-state index in [4.69, 9.17) is 4.74 Å². The number of methoxy groups -OCH3 is 1. The van der Waals surface area contributed by atoms with E-state index < -0.39 is 0 Å². The van der Waals surface area contributed by atoms with E-state index in [0.717, 1.165) is 16.7 Å². The second-order valence-electron chi connectivity index (χ2n) is 2.54. The van der Waals surface area contributed by atoms with Crippen molar-refractivity contribution in [2.24, 2.45) is 0 Å². The summed E-state index contributed by atoms with van der Waals surface area (Å²) in [5, 5.41) is 0. The molecule has 1 aromatic carbocycles. The Hall–Kier alpha value is -0.760. The van der Waals surface area contributed by atoms with Crippen LogP contribution in [0.15, 0.2) is 35.3 Å². The van der Waals surface area contributed by atoms with E-state index in [1.54, 1.807) is 7.11 Å². The summed E-state index contributed by atoms with van der Waals surface area (Å²) in [4.78, 5) is 0. The molecule has 2 heteroatoms. The van der Waals surface area contributed by atoms with Gasteiger partial charge in [0, 0.05) is 6.42 Å². The highest BCUT2D eigenvalue weighted by molar-refractivity contribution is 9.11. The number of ether oxygens (including phenoxy) is 1. The fraction of sp³-hybridized carbons (Fsp3) is 0.200. The summed E-state index contributed by atoms with van der Waals surface area (Å²) >= 11 is 3.32. The Kier molecular flexibility index (Phi) is 3.35. The monoisotopic (exact) mass is 226 g/mol. The number of hydrogen-bond donors (Lipinski definition) is 0. The summed E-state index contributed by atoms with van der Waals surface area (Å²) < 4.78 is 6.03. The van der Waals surface area contributed by atoms with Gasteiger partial charge in [0.2, 0.25) is 0 Å². The minimum Gasteiger partial charge on any atom is -0.497 e. The standard InChI is InChI=1S/C10H11BrO/c1-8(11)7-9-3-5-10(12-2)6-4-9/h3-6H,1,7H2,2H3. The van der Waals surface area contributed by atoms with Gasteiger partial charge in [-0.1, -0.05) is 34.6 Å². The molecule has 0 aliphatic heterocycles. The third-order valence-corrected chi connectivity index (χ3v) is 1.84. The third-order valence-electron chi connectivity index (χ3n) is 1.55. The van der Waals surface area contributed by atoms with Gasteiger partial charge < -0.3 is 4.74 Å². The Balaban J connectivity index is 2.71. The lowest BCUT2D eigenvalue weighted by atomic mass is 10.1. The Morgan fingerprint density at radius 3 is 2.42 bits per heavy atom. The van der Waals surface area contributed by atoms with E-state index in [-0.39, 0.29) is 0 Å². The molecule has 0 aromatic heterocycles. The first kappa shape index (κ1) is 9.33. The predicted molar refractivity (Wildman–Crippen MR) is 54.8 cm³/mol. The molecule has 0 saturated heterocycles. The average Bonchev–Trinajstić information content (AvgIpc) is 2.05. The number of halogens is 1. The van der Waals surface area contributed by atoms with Crippen molar-refractivity contribution in [1.29, 1.82) is 0 Å². The zero-order valence-corrected chi connectivity index (χ0v) is 8.60. The SMILES string of the molecule is C=C(Br)Cc1ccc(OC)cc1. The van der Waals surface area contributed by atoms with Crippen LogP contribution in [0.5, 0.6) is 5.75 Å². The molecular formula is C10H11BrO. The average molecular weight is 227 g/mol. The fourth-order valence-electron chi connectivity index (χ4n) is 0.965. The lowest BCUT2D eigenvalue weighted by Gasteiger charge is -2.01. The van der Waals surface area contributed by atoms with Crippen LogP contribution in [0.4, 0.5) is 0 Å². The normalized spacial score (nSPS) is 9.50. The molecule has 1 aromatic rings. The first-order chi connectivity index (χ1) is 5.72. The van der Waals surface area contributed by atoms with E-state index in [1.165, 1.54) is 5.56 Å². The molecule has 0 unspecified atom stereocenters. The van der Waals surface area contributed by atoms with Crippen LogP contribution in [0.25, 0.3) is 0 Å². The van der Waals surface area contributed by atoms with Crippen LogP contribution in [-0.2, 0) is 6.42 Å². The first-order valence-corrected chi connectivity index (χ1v) is 4.48. The van der Waals surface area contributed by atoms with Gasteiger partial charge in [-0.3, -0.25) is 0 Å². The summed E-state index contributed by atoms with van der Waals surface area (Å²) in [6.45, 7) is 3.78. The van der Waals surface area contributed by atoms with Crippen molar-refractivity contribution in [3.63, 3.8) is 0 Å². The van der Waals surface area contributed by atoms with Gasteiger partial charge in [-0.05, 0) is 22.2 Å². The van der Waals surface area contributed by atoms with Crippen molar-refractivity contribution < 1.29 is 4.74 Å². The molecule has 0 amide bonds. The summed E-state index contributed by atoms with van der Waals surface area (Å²) in [6, 6.07) is 7.97. The van der Waals surface area contributed by atoms with Gasteiger partial charge in [0.25, 0.3) is 0 Å². The third kappa shape index (κ3) is 2.70. The zero-order valence-electron chi connectivity index (χ0n) is 7.01. The molecule has 0 aliphatic carbocycles. The molecule has 0 heterocycles. The maximum Gasteiger partial charge on any atom is 0.118 e. The van der Waals surface area contributed by atoms with Crippen molar-refractivity contribution >= 4 is 15.9 Å². The molecule has 0 saturated carbocycles. The summed E-state index contributed by atoms with van der Waals surface area (Å²) in [6.07, 6.45) is 0.865.